The average molecular weight is 348 g/mol. The summed E-state index contributed by atoms with van der Waals surface area (Å²) in [4.78, 5) is 4.40. The second-order valence-electron chi connectivity index (χ2n) is 4.74. The Labute approximate surface area is 134 Å². The molecule has 0 aliphatic heterocycles. The lowest BCUT2D eigenvalue weighted by molar-refractivity contribution is 0.463. The molecule has 2 heterocycles. The molecule has 0 fully saturated rings. The highest BCUT2D eigenvalue weighted by atomic mass is 35.5. The van der Waals surface area contributed by atoms with Gasteiger partial charge in [0.05, 0.1) is 23.6 Å². The van der Waals surface area contributed by atoms with Crippen molar-refractivity contribution in [1.82, 2.24) is 13.9 Å². The smallest absolute Gasteiger partial charge is 0.244 e. The molecule has 0 aliphatic carbocycles. The second-order valence-corrected chi connectivity index (χ2v) is 7.77. The zero-order valence-electron chi connectivity index (χ0n) is 12.0. The standard InChI is InChI=1S/C13H18ClN3O2S2/c1-3-4-17-8-13(5-12(17)6-14)21(18,19)16(2)7-11-9-20-10-15-11/h5,8-10H,3-4,6-7H2,1-2H3. The minimum atomic E-state index is -3.53. The summed E-state index contributed by atoms with van der Waals surface area (Å²) in [5.41, 5.74) is 3.26. The van der Waals surface area contributed by atoms with E-state index >= 15 is 0 Å². The van der Waals surface area contributed by atoms with Gasteiger partial charge in [-0.05, 0) is 12.5 Å². The Hall–Kier alpha value is -0.890. The molecule has 0 spiro atoms. The first-order valence-electron chi connectivity index (χ1n) is 6.57. The van der Waals surface area contributed by atoms with Crippen LogP contribution in [0.5, 0.6) is 0 Å². The number of sulfonamides is 1. The number of halogens is 1. The molecule has 0 radical (unpaired) electrons. The molecule has 0 amide bonds. The number of thiazole rings is 1. The molecular formula is C13H18ClN3O2S2. The summed E-state index contributed by atoms with van der Waals surface area (Å²) < 4.78 is 28.4. The van der Waals surface area contributed by atoms with Crippen LogP contribution in [0.15, 0.2) is 28.0 Å². The van der Waals surface area contributed by atoms with E-state index in [9.17, 15) is 8.42 Å². The number of nitrogens with zero attached hydrogens (tertiary/aromatic N) is 3. The van der Waals surface area contributed by atoms with E-state index in [1.807, 2.05) is 16.9 Å². The number of rotatable bonds is 7. The Morgan fingerprint density at radius 2 is 2.24 bits per heavy atom. The summed E-state index contributed by atoms with van der Waals surface area (Å²) in [6, 6.07) is 1.65. The van der Waals surface area contributed by atoms with E-state index < -0.39 is 10.0 Å². The number of aryl methyl sites for hydroxylation is 1. The third-order valence-corrected chi connectivity index (χ3v) is 5.82. The van der Waals surface area contributed by atoms with Crippen LogP contribution < -0.4 is 0 Å². The molecule has 0 aromatic carbocycles. The summed E-state index contributed by atoms with van der Waals surface area (Å²) in [5.74, 6) is 0.297. The van der Waals surface area contributed by atoms with Crippen LogP contribution >= 0.6 is 22.9 Å². The van der Waals surface area contributed by atoms with Crippen molar-refractivity contribution < 1.29 is 8.42 Å². The molecule has 0 aliphatic rings. The average Bonchev–Trinajstić information content (AvgIpc) is 3.08. The molecule has 8 heteroatoms. The molecule has 2 aromatic rings. The zero-order valence-corrected chi connectivity index (χ0v) is 14.4. The van der Waals surface area contributed by atoms with Crippen LogP contribution in [0.3, 0.4) is 0 Å². The first-order chi connectivity index (χ1) is 9.98. The van der Waals surface area contributed by atoms with Crippen LogP contribution in [0.25, 0.3) is 0 Å². The quantitative estimate of drug-likeness (QED) is 0.723. The molecule has 2 rings (SSSR count). The van der Waals surface area contributed by atoms with E-state index in [2.05, 4.69) is 4.98 Å². The Bertz CT molecular complexity index is 680. The molecule has 21 heavy (non-hydrogen) atoms. The summed E-state index contributed by atoms with van der Waals surface area (Å²) in [5, 5.41) is 1.85. The van der Waals surface area contributed by atoms with Crippen molar-refractivity contribution in [3.05, 3.63) is 34.5 Å². The first-order valence-corrected chi connectivity index (χ1v) is 9.49. The molecule has 2 aromatic heterocycles. The summed E-state index contributed by atoms with van der Waals surface area (Å²) in [6.07, 6.45) is 2.58. The predicted molar refractivity (Wildman–Crippen MR) is 85.0 cm³/mol. The van der Waals surface area contributed by atoms with E-state index in [0.717, 1.165) is 24.4 Å². The van der Waals surface area contributed by atoms with E-state index in [1.54, 1.807) is 24.8 Å². The molecule has 0 N–H and O–H groups in total. The number of aromatic nitrogens is 2. The van der Waals surface area contributed by atoms with E-state index in [0.29, 0.717) is 5.88 Å². The first kappa shape index (κ1) is 16.5. The predicted octanol–water partition coefficient (Wildman–Crippen LogP) is 2.91. The van der Waals surface area contributed by atoms with Gasteiger partial charge in [-0.3, -0.25) is 0 Å². The number of hydrogen-bond acceptors (Lipinski definition) is 4. The van der Waals surface area contributed by atoms with Crippen molar-refractivity contribution in [3.63, 3.8) is 0 Å². The Morgan fingerprint density at radius 3 is 2.81 bits per heavy atom. The topological polar surface area (TPSA) is 55.2 Å². The lowest BCUT2D eigenvalue weighted by Crippen LogP contribution is -2.26. The van der Waals surface area contributed by atoms with Crippen LogP contribution in [0.2, 0.25) is 0 Å². The van der Waals surface area contributed by atoms with Crippen molar-refractivity contribution in [3.8, 4) is 0 Å². The summed E-state index contributed by atoms with van der Waals surface area (Å²) in [6.45, 7) is 3.06. The van der Waals surface area contributed by atoms with Gasteiger partial charge in [0.15, 0.2) is 0 Å². The third-order valence-electron chi connectivity index (χ3n) is 3.14. The normalized spacial score (nSPS) is 12.2. The lowest BCUT2D eigenvalue weighted by Gasteiger charge is -2.14. The fourth-order valence-corrected chi connectivity index (χ4v) is 4.02. The lowest BCUT2D eigenvalue weighted by atomic mass is 10.4. The molecule has 0 saturated carbocycles. The maximum absolute atomic E-state index is 12.6. The van der Waals surface area contributed by atoms with Gasteiger partial charge in [0.1, 0.15) is 4.90 Å². The minimum Gasteiger partial charge on any atom is -0.349 e. The molecular weight excluding hydrogens is 330 g/mol. The van der Waals surface area contributed by atoms with Crippen molar-refractivity contribution >= 4 is 33.0 Å². The molecule has 0 unspecified atom stereocenters. The van der Waals surface area contributed by atoms with Gasteiger partial charge in [-0.15, -0.1) is 22.9 Å². The fraction of sp³-hybridized carbons (Fsp3) is 0.462. The van der Waals surface area contributed by atoms with E-state index in [1.165, 1.54) is 15.6 Å². The summed E-state index contributed by atoms with van der Waals surface area (Å²) in [7, 11) is -1.96. The number of alkyl halides is 1. The SMILES string of the molecule is CCCn1cc(S(=O)(=O)N(C)Cc2cscn2)cc1CCl. The molecule has 0 bridgehead atoms. The van der Waals surface area contributed by atoms with Crippen molar-refractivity contribution in [2.45, 2.75) is 37.2 Å². The Morgan fingerprint density at radius 1 is 1.48 bits per heavy atom. The number of hydrogen-bond donors (Lipinski definition) is 0. The van der Waals surface area contributed by atoms with Crippen molar-refractivity contribution in [2.75, 3.05) is 7.05 Å². The maximum atomic E-state index is 12.6. The van der Waals surface area contributed by atoms with E-state index in [-0.39, 0.29) is 11.4 Å². The molecule has 0 atom stereocenters. The van der Waals surface area contributed by atoms with E-state index in [4.69, 9.17) is 11.6 Å². The monoisotopic (exact) mass is 347 g/mol. The van der Waals surface area contributed by atoms with Gasteiger partial charge in [0.25, 0.3) is 0 Å². The highest BCUT2D eigenvalue weighted by Gasteiger charge is 2.24. The van der Waals surface area contributed by atoms with Crippen molar-refractivity contribution in [1.29, 1.82) is 0 Å². The molecule has 5 nitrogen and oxygen atoms in total. The van der Waals surface area contributed by atoms with Crippen LogP contribution in [0.1, 0.15) is 24.7 Å². The van der Waals surface area contributed by atoms with Gasteiger partial charge < -0.3 is 4.57 Å². The highest BCUT2D eigenvalue weighted by molar-refractivity contribution is 7.89. The molecule has 116 valence electrons. The second kappa shape index (κ2) is 6.91. The summed E-state index contributed by atoms with van der Waals surface area (Å²) >= 11 is 7.34. The van der Waals surface area contributed by atoms with Gasteiger partial charge in [-0.25, -0.2) is 13.4 Å². The van der Waals surface area contributed by atoms with Crippen LogP contribution in [0, 0.1) is 0 Å². The van der Waals surface area contributed by atoms with Gasteiger partial charge >= 0.3 is 0 Å². The van der Waals surface area contributed by atoms with Gasteiger partial charge in [0, 0.05) is 30.9 Å². The third kappa shape index (κ3) is 3.66. The Balaban J connectivity index is 2.26. The Kier molecular flexibility index (Phi) is 5.43. The highest BCUT2D eigenvalue weighted by Crippen LogP contribution is 2.21. The van der Waals surface area contributed by atoms with Crippen LogP contribution in [-0.2, 0) is 29.0 Å². The van der Waals surface area contributed by atoms with Gasteiger partial charge in [-0.2, -0.15) is 4.31 Å². The van der Waals surface area contributed by atoms with Gasteiger partial charge in [0.2, 0.25) is 10.0 Å². The van der Waals surface area contributed by atoms with Crippen molar-refractivity contribution in [2.24, 2.45) is 0 Å². The zero-order chi connectivity index (χ0) is 15.5. The van der Waals surface area contributed by atoms with Crippen LogP contribution in [-0.4, -0.2) is 29.3 Å². The fourth-order valence-electron chi connectivity index (χ4n) is 2.04. The largest absolute Gasteiger partial charge is 0.349 e. The maximum Gasteiger partial charge on any atom is 0.244 e. The van der Waals surface area contributed by atoms with Gasteiger partial charge in [-0.1, -0.05) is 6.92 Å². The minimum absolute atomic E-state index is 0.265. The molecule has 0 saturated heterocycles. The van der Waals surface area contributed by atoms with Crippen LogP contribution in [0.4, 0.5) is 0 Å².